The number of piperidine rings is 1. The van der Waals surface area contributed by atoms with Gasteiger partial charge in [0.05, 0.1) is 13.2 Å². The minimum atomic E-state index is -0.0319. The summed E-state index contributed by atoms with van der Waals surface area (Å²) in [6.45, 7) is 7.33. The number of benzene rings is 2. The normalized spacial score (nSPS) is 25.3. The van der Waals surface area contributed by atoms with Crippen molar-refractivity contribution in [3.8, 4) is 5.75 Å². The molecule has 1 saturated carbocycles. The molecule has 4 unspecified atom stereocenters. The molecule has 1 aliphatic heterocycles. The van der Waals surface area contributed by atoms with Crippen molar-refractivity contribution < 1.29 is 14.3 Å². The molecule has 1 saturated heterocycles. The number of methoxy groups -OCH3 is 2. The van der Waals surface area contributed by atoms with Gasteiger partial charge in [0.15, 0.2) is 0 Å². The number of likely N-dealkylation sites (tertiary alicyclic amines) is 1. The van der Waals surface area contributed by atoms with E-state index in [0.717, 1.165) is 70.3 Å². The number of ether oxygens (including phenoxy) is 2. The fourth-order valence-corrected chi connectivity index (χ4v) is 7.17. The van der Waals surface area contributed by atoms with Crippen molar-refractivity contribution in [3.63, 3.8) is 0 Å². The van der Waals surface area contributed by atoms with Gasteiger partial charge in [-0.05, 0) is 81.3 Å². The van der Waals surface area contributed by atoms with Crippen LogP contribution < -0.4 is 4.74 Å². The Balaban J connectivity index is 1.52. The number of amides is 1. The molecular formula is C34H50N2O3. The quantitative estimate of drug-likeness (QED) is 0.298. The summed E-state index contributed by atoms with van der Waals surface area (Å²) in [5.74, 6) is 2.03. The maximum atomic E-state index is 13.8. The van der Waals surface area contributed by atoms with Crippen LogP contribution in [0.1, 0.15) is 69.9 Å². The Kier molecular flexibility index (Phi) is 10.5. The molecule has 2 aromatic carbocycles. The lowest BCUT2D eigenvalue weighted by Gasteiger charge is -2.56. The number of nitrogens with zero attached hydrogens (tertiary/aromatic N) is 2. The Labute approximate surface area is 236 Å². The van der Waals surface area contributed by atoms with Crippen LogP contribution in [0.2, 0.25) is 0 Å². The maximum absolute atomic E-state index is 13.8. The molecule has 0 N–H and O–H groups in total. The zero-order valence-corrected chi connectivity index (χ0v) is 24.9. The van der Waals surface area contributed by atoms with Crippen molar-refractivity contribution in [1.29, 1.82) is 0 Å². The number of hydrogen-bond donors (Lipinski definition) is 0. The van der Waals surface area contributed by atoms with E-state index in [1.807, 2.05) is 13.2 Å². The van der Waals surface area contributed by atoms with E-state index in [4.69, 9.17) is 9.47 Å². The third kappa shape index (κ3) is 7.24. The molecule has 214 valence electrons. The summed E-state index contributed by atoms with van der Waals surface area (Å²) in [5.41, 5.74) is 2.69. The summed E-state index contributed by atoms with van der Waals surface area (Å²) in [5, 5.41) is 0. The Morgan fingerprint density at radius 2 is 1.87 bits per heavy atom. The van der Waals surface area contributed by atoms with Gasteiger partial charge < -0.3 is 19.3 Å². The van der Waals surface area contributed by atoms with Gasteiger partial charge in [0.1, 0.15) is 5.75 Å². The fraction of sp³-hybridized carbons (Fsp3) is 0.618. The van der Waals surface area contributed by atoms with Gasteiger partial charge in [0, 0.05) is 44.0 Å². The van der Waals surface area contributed by atoms with Crippen molar-refractivity contribution >= 4 is 5.91 Å². The Morgan fingerprint density at radius 1 is 1.08 bits per heavy atom. The average molecular weight is 535 g/mol. The molecule has 4 rings (SSSR count). The fourth-order valence-electron chi connectivity index (χ4n) is 7.17. The molecule has 2 fully saturated rings. The van der Waals surface area contributed by atoms with Crippen LogP contribution in [0.25, 0.3) is 0 Å². The lowest BCUT2D eigenvalue weighted by molar-refractivity contribution is -0.140. The highest BCUT2D eigenvalue weighted by atomic mass is 16.5. The van der Waals surface area contributed by atoms with Crippen LogP contribution in [0, 0.1) is 11.8 Å². The summed E-state index contributed by atoms with van der Waals surface area (Å²) in [7, 11) is 5.83. The van der Waals surface area contributed by atoms with E-state index in [9.17, 15) is 4.79 Å². The van der Waals surface area contributed by atoms with E-state index in [2.05, 4.69) is 79.2 Å². The van der Waals surface area contributed by atoms with E-state index in [0.29, 0.717) is 24.2 Å². The lowest BCUT2D eigenvalue weighted by atomic mass is 9.56. The predicted molar refractivity (Wildman–Crippen MR) is 159 cm³/mol. The molecule has 1 aliphatic carbocycles. The van der Waals surface area contributed by atoms with Crippen molar-refractivity contribution in [2.45, 2.75) is 82.8 Å². The van der Waals surface area contributed by atoms with Gasteiger partial charge in [-0.15, -0.1) is 0 Å². The highest BCUT2D eigenvalue weighted by molar-refractivity contribution is 5.76. The topological polar surface area (TPSA) is 42.0 Å². The predicted octanol–water partition coefficient (Wildman–Crippen LogP) is 6.35. The van der Waals surface area contributed by atoms with Crippen molar-refractivity contribution in [2.24, 2.45) is 11.8 Å². The molecule has 1 amide bonds. The van der Waals surface area contributed by atoms with Gasteiger partial charge in [-0.2, -0.15) is 0 Å². The van der Waals surface area contributed by atoms with Crippen LogP contribution in [0.3, 0.4) is 0 Å². The lowest BCUT2D eigenvalue weighted by Crippen LogP contribution is -2.61. The molecule has 0 aromatic heterocycles. The minimum absolute atomic E-state index is 0.0319. The summed E-state index contributed by atoms with van der Waals surface area (Å²) in [6, 6.07) is 19.5. The number of aryl methyl sites for hydroxylation is 1. The first-order chi connectivity index (χ1) is 18.9. The Hall–Kier alpha value is -2.37. The highest BCUT2D eigenvalue weighted by Gasteiger charge is 2.53. The molecule has 4 atom stereocenters. The first kappa shape index (κ1) is 29.6. The van der Waals surface area contributed by atoms with E-state index in [1.54, 1.807) is 7.11 Å². The van der Waals surface area contributed by atoms with Gasteiger partial charge in [-0.1, -0.05) is 62.7 Å². The second-order valence-electron chi connectivity index (χ2n) is 12.4. The summed E-state index contributed by atoms with van der Waals surface area (Å²) in [6.07, 6.45) is 7.98. The largest absolute Gasteiger partial charge is 0.497 e. The molecule has 39 heavy (non-hydrogen) atoms. The first-order valence-electron chi connectivity index (χ1n) is 15.1. The second-order valence-corrected chi connectivity index (χ2v) is 12.4. The van der Waals surface area contributed by atoms with Crippen LogP contribution in [0.15, 0.2) is 54.6 Å². The number of hydrogen-bond acceptors (Lipinski definition) is 4. The summed E-state index contributed by atoms with van der Waals surface area (Å²) in [4.78, 5) is 18.5. The molecule has 1 heterocycles. The van der Waals surface area contributed by atoms with Crippen LogP contribution in [0.5, 0.6) is 5.75 Å². The number of fused-ring (bicyclic) bond motifs is 1. The molecule has 2 aliphatic rings. The Morgan fingerprint density at radius 3 is 2.59 bits per heavy atom. The third-order valence-electron chi connectivity index (χ3n) is 9.18. The smallest absolute Gasteiger partial charge is 0.222 e. The van der Waals surface area contributed by atoms with Crippen molar-refractivity contribution in [1.82, 2.24) is 9.80 Å². The molecule has 0 spiro atoms. The zero-order valence-electron chi connectivity index (χ0n) is 24.9. The molecule has 0 bridgehead atoms. The van der Waals surface area contributed by atoms with Gasteiger partial charge in [-0.25, -0.2) is 0 Å². The van der Waals surface area contributed by atoms with Crippen molar-refractivity contribution in [2.75, 3.05) is 40.9 Å². The first-order valence-corrected chi connectivity index (χ1v) is 15.1. The van der Waals surface area contributed by atoms with Gasteiger partial charge >= 0.3 is 0 Å². The number of carbonyl (C=O) groups excluding carboxylic acids is 1. The zero-order chi connectivity index (χ0) is 27.8. The summed E-state index contributed by atoms with van der Waals surface area (Å²) >= 11 is 0. The molecule has 5 heteroatoms. The van der Waals surface area contributed by atoms with Crippen LogP contribution in [-0.4, -0.2) is 68.8 Å². The van der Waals surface area contributed by atoms with Crippen LogP contribution in [-0.2, 0) is 21.4 Å². The van der Waals surface area contributed by atoms with Crippen LogP contribution in [0.4, 0.5) is 0 Å². The Bertz CT molecular complexity index is 1040. The molecule has 5 nitrogen and oxygen atoms in total. The number of unbranched alkanes of at least 4 members (excludes halogenated alkanes) is 2. The second kappa shape index (κ2) is 13.8. The molecule has 0 radical (unpaired) electrons. The third-order valence-corrected chi connectivity index (χ3v) is 9.18. The van der Waals surface area contributed by atoms with E-state index < -0.39 is 0 Å². The maximum Gasteiger partial charge on any atom is 0.222 e. The number of rotatable bonds is 12. The molecular weight excluding hydrogens is 484 g/mol. The highest BCUT2D eigenvalue weighted by Crippen LogP contribution is 2.51. The van der Waals surface area contributed by atoms with Gasteiger partial charge in [0.2, 0.25) is 5.91 Å². The average Bonchev–Trinajstić information content (AvgIpc) is 2.95. The van der Waals surface area contributed by atoms with Crippen molar-refractivity contribution in [3.05, 3.63) is 65.7 Å². The SMILES string of the molecule is COc1cccc(C23CCN(C)CC2C(OC)CC(N(CC(C)C)C(=O)CCCCCc2ccccc2)C3)c1. The van der Waals surface area contributed by atoms with Gasteiger partial charge in [0.25, 0.3) is 0 Å². The number of carbonyl (C=O) groups is 1. The minimum Gasteiger partial charge on any atom is -0.497 e. The van der Waals surface area contributed by atoms with E-state index in [-0.39, 0.29) is 17.6 Å². The monoisotopic (exact) mass is 534 g/mol. The van der Waals surface area contributed by atoms with Crippen LogP contribution >= 0.6 is 0 Å². The van der Waals surface area contributed by atoms with E-state index >= 15 is 0 Å². The summed E-state index contributed by atoms with van der Waals surface area (Å²) < 4.78 is 11.9. The standard InChI is InChI=1S/C34H50N2O3/c1-26(2)24-36(33(37)18-11-7-10-15-27-13-8-6-9-14-27)29-22-32(39-5)31-25-35(3)20-19-34(31,23-29)28-16-12-17-30(21-28)38-4/h6,8-9,12-14,16-17,21,26,29,31-32H,7,10-11,15,18-20,22-25H2,1-5H3. The van der Waals surface area contributed by atoms with E-state index in [1.165, 1.54) is 11.1 Å². The van der Waals surface area contributed by atoms with Gasteiger partial charge in [-0.3, -0.25) is 4.79 Å². The molecule has 2 aromatic rings.